The van der Waals surface area contributed by atoms with Crippen LogP contribution in [0.5, 0.6) is 0 Å². The zero-order chi connectivity index (χ0) is 28.4. The van der Waals surface area contributed by atoms with Crippen LogP contribution < -0.4 is 16.0 Å². The Kier molecular flexibility index (Phi) is 7.11. The molecular formula is C28H25F2N9O. The number of nitrogens with zero attached hydrogens (tertiary/aromatic N) is 6. The van der Waals surface area contributed by atoms with Gasteiger partial charge in [-0.3, -0.25) is 4.79 Å². The highest BCUT2D eigenvalue weighted by Gasteiger charge is 2.27. The third-order valence-electron chi connectivity index (χ3n) is 6.78. The molecule has 1 fully saturated rings. The minimum atomic E-state index is -0.878. The molecule has 12 heteroatoms. The van der Waals surface area contributed by atoms with Crippen LogP contribution in [0, 0.1) is 28.4 Å². The summed E-state index contributed by atoms with van der Waals surface area (Å²) in [4.78, 5) is 20.8. The van der Waals surface area contributed by atoms with Gasteiger partial charge in [-0.15, -0.1) is 5.10 Å². The minimum absolute atomic E-state index is 0.0992. The first-order valence-corrected chi connectivity index (χ1v) is 12.4. The summed E-state index contributed by atoms with van der Waals surface area (Å²) in [5.74, 6) is -1.66. The number of carbonyl (C=O) groups is 1. The summed E-state index contributed by atoms with van der Waals surface area (Å²) in [7, 11) is 1.74. The Morgan fingerprint density at radius 3 is 2.50 bits per heavy atom. The zero-order valence-electron chi connectivity index (χ0n) is 21.5. The zero-order valence-corrected chi connectivity index (χ0v) is 21.5. The number of allylic oxidation sites excluding steroid dienone is 1. The molecule has 0 atom stereocenters. The number of pyridine rings is 2. The standard InChI is InChI=1S/C28H25F2N9O/c1-34-14-19(12-31)18-11-20(26-21(13-32)27(33)36-39(26)16-18)17-5-6-24(35-15-17)37-7-9-38(10-8-37)28(40)25-22(29)3-2-4-23(25)30/h2-6,11-12,14-16,31,34H,7-10H2,1H3,(H2,33,36)/b19-14+,31-12?. The Morgan fingerprint density at radius 1 is 1.18 bits per heavy atom. The Balaban J connectivity index is 1.41. The van der Waals surface area contributed by atoms with Gasteiger partial charge in [0, 0.05) is 80.3 Å². The lowest BCUT2D eigenvalue weighted by molar-refractivity contribution is 0.0736. The fourth-order valence-corrected chi connectivity index (χ4v) is 4.78. The molecule has 1 amide bonds. The van der Waals surface area contributed by atoms with E-state index in [9.17, 15) is 18.8 Å². The summed E-state index contributed by atoms with van der Waals surface area (Å²) in [5, 5.41) is 24.7. The Morgan fingerprint density at radius 2 is 1.90 bits per heavy atom. The van der Waals surface area contributed by atoms with Crippen LogP contribution in [0.4, 0.5) is 20.4 Å². The number of nitrogens with one attached hydrogen (secondary N) is 2. The van der Waals surface area contributed by atoms with Gasteiger partial charge in [0.15, 0.2) is 5.82 Å². The van der Waals surface area contributed by atoms with Crippen molar-refractivity contribution in [3.8, 4) is 17.2 Å². The quantitative estimate of drug-likeness (QED) is 0.318. The second kappa shape index (κ2) is 10.8. The number of amides is 1. The molecule has 0 bridgehead atoms. The van der Waals surface area contributed by atoms with Gasteiger partial charge in [0.1, 0.15) is 34.6 Å². The number of piperazine rings is 1. The van der Waals surface area contributed by atoms with Gasteiger partial charge in [0.25, 0.3) is 5.91 Å². The van der Waals surface area contributed by atoms with E-state index in [-0.39, 0.29) is 24.5 Å². The molecule has 4 heterocycles. The average molecular weight is 542 g/mol. The predicted molar refractivity (Wildman–Crippen MR) is 148 cm³/mol. The van der Waals surface area contributed by atoms with E-state index in [1.54, 1.807) is 25.6 Å². The maximum atomic E-state index is 14.1. The summed E-state index contributed by atoms with van der Waals surface area (Å²) in [6.07, 6.45) is 6.28. The first kappa shape index (κ1) is 26.3. The van der Waals surface area contributed by atoms with Crippen LogP contribution >= 0.6 is 0 Å². The maximum Gasteiger partial charge on any atom is 0.259 e. The lowest BCUT2D eigenvalue weighted by atomic mass is 10.0. The summed E-state index contributed by atoms with van der Waals surface area (Å²) >= 11 is 0. The Hall–Kier alpha value is -5.31. The summed E-state index contributed by atoms with van der Waals surface area (Å²) in [5.41, 5.74) is 8.92. The van der Waals surface area contributed by atoms with Crippen molar-refractivity contribution in [1.29, 1.82) is 10.7 Å². The molecule has 0 aliphatic carbocycles. The van der Waals surface area contributed by atoms with Gasteiger partial charge in [0.05, 0.1) is 5.52 Å². The highest BCUT2D eigenvalue weighted by atomic mass is 19.1. The number of hydrogen-bond donors (Lipinski definition) is 3. The van der Waals surface area contributed by atoms with E-state index in [2.05, 4.69) is 21.5 Å². The Bertz CT molecular complexity index is 1660. The van der Waals surface area contributed by atoms with Gasteiger partial charge in [0.2, 0.25) is 0 Å². The lowest BCUT2D eigenvalue weighted by Gasteiger charge is -2.35. The van der Waals surface area contributed by atoms with Crippen molar-refractivity contribution < 1.29 is 13.6 Å². The van der Waals surface area contributed by atoms with Crippen LogP contribution in [0.3, 0.4) is 0 Å². The van der Waals surface area contributed by atoms with Gasteiger partial charge >= 0.3 is 0 Å². The van der Waals surface area contributed by atoms with Crippen LogP contribution in [0.2, 0.25) is 0 Å². The summed E-state index contributed by atoms with van der Waals surface area (Å²) in [6, 6.07) is 11.0. The molecule has 40 heavy (non-hydrogen) atoms. The van der Waals surface area contributed by atoms with E-state index in [0.29, 0.717) is 46.7 Å². The van der Waals surface area contributed by atoms with Gasteiger partial charge < -0.3 is 26.3 Å². The SMILES string of the molecule is CN/C=C(\C=N)c1cc(-c2ccc(N3CCN(C(=O)c4c(F)cccc4F)CC3)nc2)c2c(C#N)c(N)nn2c1. The van der Waals surface area contributed by atoms with Crippen molar-refractivity contribution in [2.45, 2.75) is 0 Å². The monoisotopic (exact) mass is 541 g/mol. The van der Waals surface area contributed by atoms with Crippen molar-refractivity contribution in [2.24, 2.45) is 0 Å². The number of rotatable bonds is 6. The number of nitriles is 1. The van der Waals surface area contributed by atoms with E-state index in [0.717, 1.165) is 12.1 Å². The third kappa shape index (κ3) is 4.69. The van der Waals surface area contributed by atoms with E-state index < -0.39 is 23.1 Å². The highest BCUT2D eigenvalue weighted by molar-refractivity contribution is 6.09. The first-order valence-electron chi connectivity index (χ1n) is 12.4. The molecule has 202 valence electrons. The topological polar surface area (TPSA) is 139 Å². The van der Waals surface area contributed by atoms with Crippen molar-refractivity contribution >= 4 is 34.8 Å². The molecule has 0 saturated carbocycles. The molecule has 5 rings (SSSR count). The molecule has 0 radical (unpaired) electrons. The minimum Gasteiger partial charge on any atom is -0.393 e. The molecule has 1 saturated heterocycles. The second-order valence-corrected chi connectivity index (χ2v) is 9.12. The van der Waals surface area contributed by atoms with Gasteiger partial charge in [-0.25, -0.2) is 18.3 Å². The Labute approximate surface area is 228 Å². The van der Waals surface area contributed by atoms with Crippen molar-refractivity contribution in [3.63, 3.8) is 0 Å². The number of benzene rings is 1. The molecule has 0 unspecified atom stereocenters. The van der Waals surface area contributed by atoms with E-state index in [1.165, 1.54) is 21.7 Å². The van der Waals surface area contributed by atoms with Gasteiger partial charge in [-0.1, -0.05) is 6.07 Å². The number of nitrogen functional groups attached to an aromatic ring is 1. The normalized spacial score (nSPS) is 13.8. The van der Waals surface area contributed by atoms with Crippen LogP contribution in [-0.4, -0.2) is 64.8 Å². The number of anilines is 2. The smallest absolute Gasteiger partial charge is 0.259 e. The molecule has 0 spiro atoms. The summed E-state index contributed by atoms with van der Waals surface area (Å²) < 4.78 is 29.7. The van der Waals surface area contributed by atoms with Gasteiger partial charge in [-0.05, 0) is 30.3 Å². The number of aromatic nitrogens is 3. The molecule has 1 aliphatic rings. The maximum absolute atomic E-state index is 14.1. The lowest BCUT2D eigenvalue weighted by Crippen LogP contribution is -2.49. The second-order valence-electron chi connectivity index (χ2n) is 9.12. The number of hydrogen-bond acceptors (Lipinski definition) is 8. The summed E-state index contributed by atoms with van der Waals surface area (Å²) in [6.45, 7) is 1.43. The third-order valence-corrected chi connectivity index (χ3v) is 6.78. The predicted octanol–water partition coefficient (Wildman–Crippen LogP) is 3.30. The molecule has 1 aliphatic heterocycles. The fourth-order valence-electron chi connectivity index (χ4n) is 4.78. The molecule has 4 aromatic rings. The molecule has 4 N–H and O–H groups in total. The number of fused-ring (bicyclic) bond motifs is 1. The van der Waals surface area contributed by atoms with Crippen LogP contribution in [0.15, 0.2) is 55.0 Å². The number of nitrogens with two attached hydrogens (primary N) is 1. The number of carbonyl (C=O) groups excluding carboxylic acids is 1. The largest absolute Gasteiger partial charge is 0.393 e. The van der Waals surface area contributed by atoms with Crippen LogP contribution in [-0.2, 0) is 0 Å². The number of halogens is 2. The van der Waals surface area contributed by atoms with E-state index in [1.807, 2.05) is 23.1 Å². The van der Waals surface area contributed by atoms with Crippen LogP contribution in [0.25, 0.3) is 22.2 Å². The highest BCUT2D eigenvalue weighted by Crippen LogP contribution is 2.32. The van der Waals surface area contributed by atoms with Gasteiger partial charge in [-0.2, -0.15) is 5.26 Å². The average Bonchev–Trinajstić information content (AvgIpc) is 3.30. The van der Waals surface area contributed by atoms with Crippen molar-refractivity contribution in [2.75, 3.05) is 43.9 Å². The molecular weight excluding hydrogens is 516 g/mol. The van der Waals surface area contributed by atoms with Crippen molar-refractivity contribution in [1.82, 2.24) is 24.8 Å². The molecule has 1 aromatic carbocycles. The molecule has 10 nitrogen and oxygen atoms in total. The van der Waals surface area contributed by atoms with Crippen LogP contribution in [0.1, 0.15) is 21.5 Å². The first-order chi connectivity index (χ1) is 19.4. The molecule has 3 aromatic heterocycles. The van der Waals surface area contributed by atoms with Crippen molar-refractivity contribution in [3.05, 3.63) is 83.3 Å². The van der Waals surface area contributed by atoms with E-state index >= 15 is 0 Å². The van der Waals surface area contributed by atoms with E-state index in [4.69, 9.17) is 11.1 Å². The fraction of sp³-hybridized carbons (Fsp3) is 0.179.